The zero-order chi connectivity index (χ0) is 13.6. The lowest BCUT2D eigenvalue weighted by Gasteiger charge is -2.21. The number of nitriles is 1. The van der Waals surface area contributed by atoms with Crippen molar-refractivity contribution in [1.82, 2.24) is 0 Å². The van der Waals surface area contributed by atoms with Crippen LogP contribution in [0.1, 0.15) is 50.8 Å². The summed E-state index contributed by atoms with van der Waals surface area (Å²) < 4.78 is 0. The van der Waals surface area contributed by atoms with Crippen LogP contribution < -0.4 is 0 Å². The second kappa shape index (κ2) is 6.85. The summed E-state index contributed by atoms with van der Waals surface area (Å²) in [6, 6.07) is 6.88. The lowest BCUT2D eigenvalue weighted by Crippen LogP contribution is -2.12. The van der Waals surface area contributed by atoms with Crippen LogP contribution in [0.3, 0.4) is 0 Å². The molecule has 0 saturated carbocycles. The Morgan fingerprint density at radius 3 is 2.50 bits per heavy atom. The summed E-state index contributed by atoms with van der Waals surface area (Å²) in [5.74, 6) is 0.930. The van der Waals surface area contributed by atoms with E-state index in [4.69, 9.17) is 5.26 Å². The molecule has 0 atom stereocenters. The van der Waals surface area contributed by atoms with Gasteiger partial charge in [0.15, 0.2) is 0 Å². The van der Waals surface area contributed by atoms with Gasteiger partial charge < -0.3 is 0 Å². The molecule has 0 aliphatic rings. The van der Waals surface area contributed by atoms with Gasteiger partial charge in [0.2, 0.25) is 0 Å². The normalized spacial score (nSPS) is 11.3. The molecule has 0 aromatic heterocycles. The molecule has 2 heteroatoms. The van der Waals surface area contributed by atoms with E-state index in [0.29, 0.717) is 0 Å². The summed E-state index contributed by atoms with van der Waals surface area (Å²) in [6.07, 6.45) is 3.26. The van der Waals surface area contributed by atoms with Crippen molar-refractivity contribution >= 4 is 11.8 Å². The van der Waals surface area contributed by atoms with E-state index in [0.717, 1.165) is 25.0 Å². The van der Waals surface area contributed by atoms with E-state index < -0.39 is 0 Å². The minimum Gasteiger partial charge on any atom is -0.185 e. The second-order valence-electron chi connectivity index (χ2n) is 5.63. The molecule has 1 rings (SSSR count). The van der Waals surface area contributed by atoms with Crippen LogP contribution in [-0.4, -0.2) is 5.75 Å². The summed E-state index contributed by atoms with van der Waals surface area (Å²) >= 11 is 1.36. The summed E-state index contributed by atoms with van der Waals surface area (Å²) in [7, 11) is 0. The lowest BCUT2D eigenvalue weighted by molar-refractivity contribution is 0.588. The molecule has 0 amide bonds. The van der Waals surface area contributed by atoms with E-state index in [9.17, 15) is 0 Å². The number of benzene rings is 1. The van der Waals surface area contributed by atoms with E-state index in [-0.39, 0.29) is 5.41 Å². The van der Waals surface area contributed by atoms with Crippen LogP contribution in [-0.2, 0) is 18.3 Å². The van der Waals surface area contributed by atoms with E-state index in [1.807, 2.05) is 0 Å². The Balaban J connectivity index is 2.83. The molecule has 0 aliphatic heterocycles. The van der Waals surface area contributed by atoms with Crippen molar-refractivity contribution < 1.29 is 0 Å². The predicted octanol–water partition coefficient (Wildman–Crippen LogP) is 4.69. The summed E-state index contributed by atoms with van der Waals surface area (Å²) in [4.78, 5) is 0. The SMILES string of the molecule is CCc1ccc(C(C)(C)C)cc1CCCSC#N. The van der Waals surface area contributed by atoms with Gasteiger partial charge in [-0.25, -0.2) is 0 Å². The van der Waals surface area contributed by atoms with Crippen molar-refractivity contribution in [1.29, 1.82) is 5.26 Å². The molecule has 0 N–H and O–H groups in total. The zero-order valence-corrected chi connectivity index (χ0v) is 12.7. The van der Waals surface area contributed by atoms with Crippen molar-refractivity contribution in [2.45, 2.75) is 52.4 Å². The van der Waals surface area contributed by atoms with Gasteiger partial charge in [-0.05, 0) is 53.1 Å². The third-order valence-electron chi connectivity index (χ3n) is 3.21. The first-order chi connectivity index (χ1) is 8.49. The quantitative estimate of drug-likeness (QED) is 0.567. The third-order valence-corrected chi connectivity index (χ3v) is 3.83. The Labute approximate surface area is 116 Å². The Morgan fingerprint density at radius 1 is 1.22 bits per heavy atom. The highest BCUT2D eigenvalue weighted by atomic mass is 32.2. The van der Waals surface area contributed by atoms with Gasteiger partial charge in [0.1, 0.15) is 5.40 Å². The van der Waals surface area contributed by atoms with Gasteiger partial charge in [-0.2, -0.15) is 5.26 Å². The fourth-order valence-corrected chi connectivity index (χ4v) is 2.43. The van der Waals surface area contributed by atoms with E-state index in [1.165, 1.54) is 28.5 Å². The maximum Gasteiger partial charge on any atom is 0.133 e. The number of aryl methyl sites for hydroxylation is 2. The number of nitrogens with zero attached hydrogens (tertiary/aromatic N) is 1. The standard InChI is InChI=1S/C16H23NS/c1-5-13-8-9-15(16(2,3)4)11-14(13)7-6-10-18-12-17/h8-9,11H,5-7,10H2,1-4H3. The minimum absolute atomic E-state index is 0.211. The van der Waals surface area contributed by atoms with Crippen LogP contribution in [0.4, 0.5) is 0 Å². The molecule has 1 aromatic rings. The lowest BCUT2D eigenvalue weighted by atomic mass is 9.84. The molecule has 1 aromatic carbocycles. The zero-order valence-electron chi connectivity index (χ0n) is 11.9. The summed E-state index contributed by atoms with van der Waals surface area (Å²) in [6.45, 7) is 8.97. The highest BCUT2D eigenvalue weighted by molar-refractivity contribution is 8.03. The van der Waals surface area contributed by atoms with Gasteiger partial charge in [-0.15, -0.1) is 0 Å². The average molecular weight is 261 g/mol. The number of rotatable bonds is 5. The third kappa shape index (κ3) is 4.38. The molecular formula is C16H23NS. The van der Waals surface area contributed by atoms with Crippen LogP contribution in [0, 0.1) is 10.7 Å². The number of hydrogen-bond donors (Lipinski definition) is 0. The molecular weight excluding hydrogens is 238 g/mol. The van der Waals surface area contributed by atoms with Gasteiger partial charge in [-0.1, -0.05) is 45.9 Å². The number of thioether (sulfide) groups is 1. The average Bonchev–Trinajstić information content (AvgIpc) is 2.33. The molecule has 18 heavy (non-hydrogen) atoms. The van der Waals surface area contributed by atoms with Gasteiger partial charge in [-0.3, -0.25) is 0 Å². The fraction of sp³-hybridized carbons (Fsp3) is 0.562. The van der Waals surface area contributed by atoms with Gasteiger partial charge in [0.05, 0.1) is 0 Å². The summed E-state index contributed by atoms with van der Waals surface area (Å²) in [5.41, 5.74) is 4.53. The maximum atomic E-state index is 8.53. The van der Waals surface area contributed by atoms with Gasteiger partial charge >= 0.3 is 0 Å². The molecule has 98 valence electrons. The van der Waals surface area contributed by atoms with Gasteiger partial charge in [0.25, 0.3) is 0 Å². The van der Waals surface area contributed by atoms with E-state index in [2.05, 4.69) is 51.3 Å². The largest absolute Gasteiger partial charge is 0.185 e. The van der Waals surface area contributed by atoms with Crippen molar-refractivity contribution in [3.63, 3.8) is 0 Å². The van der Waals surface area contributed by atoms with E-state index in [1.54, 1.807) is 0 Å². The highest BCUT2D eigenvalue weighted by Crippen LogP contribution is 2.25. The van der Waals surface area contributed by atoms with Crippen molar-refractivity contribution in [3.8, 4) is 5.40 Å². The predicted molar refractivity (Wildman–Crippen MR) is 80.9 cm³/mol. The fourth-order valence-electron chi connectivity index (χ4n) is 2.05. The molecule has 1 nitrogen and oxygen atoms in total. The Hall–Kier alpha value is -0.940. The number of thiocyanates is 1. The first kappa shape index (κ1) is 15.1. The van der Waals surface area contributed by atoms with Crippen LogP contribution >= 0.6 is 11.8 Å². The van der Waals surface area contributed by atoms with Crippen molar-refractivity contribution in [2.75, 3.05) is 5.75 Å². The van der Waals surface area contributed by atoms with Crippen LogP contribution in [0.25, 0.3) is 0 Å². The summed E-state index contributed by atoms with van der Waals surface area (Å²) in [5, 5.41) is 10.7. The molecule has 0 bridgehead atoms. The Bertz CT molecular complexity index is 424. The molecule has 0 saturated heterocycles. The monoisotopic (exact) mass is 261 g/mol. The van der Waals surface area contributed by atoms with Crippen LogP contribution in [0.15, 0.2) is 18.2 Å². The Kier molecular flexibility index (Phi) is 5.75. The molecule has 0 spiro atoms. The molecule has 0 radical (unpaired) electrons. The molecule has 0 fully saturated rings. The van der Waals surface area contributed by atoms with Crippen molar-refractivity contribution in [3.05, 3.63) is 34.9 Å². The first-order valence-corrected chi connectivity index (χ1v) is 7.60. The molecule has 0 unspecified atom stereocenters. The minimum atomic E-state index is 0.211. The maximum absolute atomic E-state index is 8.53. The Morgan fingerprint density at radius 2 is 1.94 bits per heavy atom. The molecule has 0 aliphatic carbocycles. The van der Waals surface area contributed by atoms with Gasteiger partial charge in [0, 0.05) is 5.75 Å². The number of hydrogen-bond acceptors (Lipinski definition) is 2. The highest BCUT2D eigenvalue weighted by Gasteiger charge is 2.14. The van der Waals surface area contributed by atoms with Crippen LogP contribution in [0.2, 0.25) is 0 Å². The van der Waals surface area contributed by atoms with Crippen LogP contribution in [0.5, 0.6) is 0 Å². The smallest absolute Gasteiger partial charge is 0.133 e. The molecule has 0 heterocycles. The van der Waals surface area contributed by atoms with Crippen molar-refractivity contribution in [2.24, 2.45) is 0 Å². The first-order valence-electron chi connectivity index (χ1n) is 6.62. The second-order valence-corrected chi connectivity index (χ2v) is 6.51. The topological polar surface area (TPSA) is 23.8 Å². The van der Waals surface area contributed by atoms with E-state index >= 15 is 0 Å².